The number of halogens is 1. The maximum Gasteiger partial charge on any atom is 0.271 e. The Bertz CT molecular complexity index is 1250. The lowest BCUT2D eigenvalue weighted by Gasteiger charge is -2.29. The molecule has 0 radical (unpaired) electrons. The van der Waals surface area contributed by atoms with Crippen molar-refractivity contribution in [3.63, 3.8) is 0 Å². The lowest BCUT2D eigenvalue weighted by atomic mass is 9.81. The molecule has 1 saturated heterocycles. The van der Waals surface area contributed by atoms with E-state index in [0.29, 0.717) is 30.8 Å². The fraction of sp³-hybridized carbons (Fsp3) is 0.448. The molecular weight excluding hydrogens is 489 g/mol. The number of nitrogens with zero attached hydrogens (tertiary/aromatic N) is 2. The van der Waals surface area contributed by atoms with Gasteiger partial charge >= 0.3 is 0 Å². The number of likely N-dealkylation sites (tertiary alicyclic amines) is 1. The summed E-state index contributed by atoms with van der Waals surface area (Å²) in [5.41, 5.74) is 7.13. The Kier molecular flexibility index (Phi) is 8.06. The molecule has 1 saturated carbocycles. The van der Waals surface area contributed by atoms with E-state index in [0.717, 1.165) is 50.9 Å². The number of aromatic nitrogens is 1. The van der Waals surface area contributed by atoms with E-state index >= 15 is 4.39 Å². The third-order valence-corrected chi connectivity index (χ3v) is 7.61. The van der Waals surface area contributed by atoms with Crippen LogP contribution in [0.4, 0.5) is 4.39 Å². The van der Waals surface area contributed by atoms with Gasteiger partial charge in [-0.1, -0.05) is 12.1 Å². The van der Waals surface area contributed by atoms with Crippen molar-refractivity contribution in [1.29, 1.82) is 0 Å². The van der Waals surface area contributed by atoms with Crippen molar-refractivity contribution in [2.24, 2.45) is 5.73 Å². The largest absolute Gasteiger partial charge is 0.492 e. The third-order valence-electron chi connectivity index (χ3n) is 7.61. The number of carbonyl (C=O) groups is 1. The highest BCUT2D eigenvalue weighted by molar-refractivity contribution is 5.97. The van der Waals surface area contributed by atoms with Gasteiger partial charge in [0.15, 0.2) is 11.5 Å². The van der Waals surface area contributed by atoms with Gasteiger partial charge in [-0.05, 0) is 80.3 Å². The second kappa shape index (κ2) is 11.6. The van der Waals surface area contributed by atoms with Crippen LogP contribution >= 0.6 is 0 Å². The van der Waals surface area contributed by atoms with Gasteiger partial charge in [0.05, 0.1) is 17.8 Å². The molecular formula is C29H34FN3O5. The van der Waals surface area contributed by atoms with Crippen molar-refractivity contribution >= 4 is 5.91 Å². The highest BCUT2D eigenvalue weighted by Crippen LogP contribution is 2.40. The van der Waals surface area contributed by atoms with E-state index in [1.807, 2.05) is 6.07 Å². The number of carbonyl (C=O) groups excluding carboxylic acids is 1. The van der Waals surface area contributed by atoms with Gasteiger partial charge < -0.3 is 25.1 Å². The smallest absolute Gasteiger partial charge is 0.271 e. The van der Waals surface area contributed by atoms with Gasteiger partial charge in [0.1, 0.15) is 18.2 Å². The summed E-state index contributed by atoms with van der Waals surface area (Å²) in [5, 5.41) is 19.5. The average Bonchev–Trinajstić information content (AvgIpc) is 3.36. The fourth-order valence-electron chi connectivity index (χ4n) is 5.42. The molecule has 202 valence electrons. The minimum absolute atomic E-state index is 0.0139. The number of aliphatic hydroxyl groups is 2. The average molecular weight is 524 g/mol. The first-order chi connectivity index (χ1) is 18.4. The molecule has 1 aliphatic heterocycles. The lowest BCUT2D eigenvalue weighted by Crippen LogP contribution is -2.38. The monoisotopic (exact) mass is 523 g/mol. The lowest BCUT2D eigenvalue weighted by molar-refractivity contribution is 0.0755. The Balaban J connectivity index is 1.35. The minimum atomic E-state index is -0.763. The number of aliphatic hydroxyl groups excluding tert-OH is 2. The quantitative estimate of drug-likeness (QED) is 0.406. The van der Waals surface area contributed by atoms with Crippen molar-refractivity contribution in [2.75, 3.05) is 26.2 Å². The summed E-state index contributed by atoms with van der Waals surface area (Å²) in [7, 11) is 0. The van der Waals surface area contributed by atoms with Crippen LogP contribution in [0, 0.1) is 5.82 Å². The summed E-state index contributed by atoms with van der Waals surface area (Å²) < 4.78 is 27.0. The third kappa shape index (κ3) is 5.90. The maximum absolute atomic E-state index is 15.1. The highest BCUT2D eigenvalue weighted by atomic mass is 19.1. The van der Waals surface area contributed by atoms with Crippen molar-refractivity contribution in [1.82, 2.24) is 9.88 Å². The standard InChI is InChI=1S/C29H34FN3O5/c30-24-3-1-2-23(18-4-8-20(34)9-5-18)25(24)29-32-26(28(31)36)27(38-29)19-6-10-22(11-7-19)37-17-16-33-14-12-21(35)13-15-33/h1-3,6-7,10-11,18,20-21,34-35H,4-5,8-9,12-17H2,(H2,31,36). The zero-order valence-corrected chi connectivity index (χ0v) is 21.3. The first-order valence-electron chi connectivity index (χ1n) is 13.3. The Morgan fingerprint density at radius 3 is 2.39 bits per heavy atom. The van der Waals surface area contributed by atoms with Crippen LogP contribution in [-0.4, -0.2) is 64.5 Å². The zero-order chi connectivity index (χ0) is 26.6. The van der Waals surface area contributed by atoms with E-state index < -0.39 is 11.7 Å². The Morgan fingerprint density at radius 2 is 1.71 bits per heavy atom. The van der Waals surface area contributed by atoms with Gasteiger partial charge in [0.2, 0.25) is 5.89 Å². The molecule has 3 aromatic rings. The molecule has 8 nitrogen and oxygen atoms in total. The van der Waals surface area contributed by atoms with Crippen LogP contribution in [0.2, 0.25) is 0 Å². The fourth-order valence-corrected chi connectivity index (χ4v) is 5.42. The Hall–Kier alpha value is -3.27. The van der Waals surface area contributed by atoms with E-state index in [1.54, 1.807) is 30.3 Å². The Labute approximate surface area is 221 Å². The normalized spacial score (nSPS) is 20.9. The summed E-state index contributed by atoms with van der Waals surface area (Å²) >= 11 is 0. The number of oxazole rings is 1. The number of hydrogen-bond donors (Lipinski definition) is 3. The molecule has 2 aromatic carbocycles. The summed E-state index contributed by atoms with van der Waals surface area (Å²) in [6.45, 7) is 3.01. The first-order valence-corrected chi connectivity index (χ1v) is 13.3. The number of rotatable bonds is 8. The number of ether oxygens (including phenoxy) is 1. The van der Waals surface area contributed by atoms with Gasteiger partial charge in [0, 0.05) is 25.2 Å². The van der Waals surface area contributed by atoms with Crippen LogP contribution in [0.1, 0.15) is 60.5 Å². The summed E-state index contributed by atoms with van der Waals surface area (Å²) in [6, 6.07) is 11.9. The van der Waals surface area contributed by atoms with Crippen molar-refractivity contribution in [2.45, 2.75) is 56.7 Å². The molecule has 1 aromatic heterocycles. The van der Waals surface area contributed by atoms with Crippen LogP contribution in [-0.2, 0) is 0 Å². The molecule has 9 heteroatoms. The van der Waals surface area contributed by atoms with Crippen LogP contribution in [0.5, 0.6) is 5.75 Å². The molecule has 2 fully saturated rings. The van der Waals surface area contributed by atoms with E-state index in [-0.39, 0.29) is 41.0 Å². The van der Waals surface area contributed by atoms with Crippen LogP contribution in [0.15, 0.2) is 46.9 Å². The van der Waals surface area contributed by atoms with Crippen LogP contribution in [0.25, 0.3) is 22.8 Å². The number of benzene rings is 2. The molecule has 1 aliphatic carbocycles. The molecule has 1 amide bonds. The SMILES string of the molecule is NC(=O)c1nc(-c2c(F)cccc2C2CCC(O)CC2)oc1-c1ccc(OCCN2CCC(O)CC2)cc1. The minimum Gasteiger partial charge on any atom is -0.492 e. The predicted molar refractivity (Wildman–Crippen MR) is 140 cm³/mol. The zero-order valence-electron chi connectivity index (χ0n) is 21.3. The van der Waals surface area contributed by atoms with E-state index in [9.17, 15) is 15.0 Å². The molecule has 2 heterocycles. The van der Waals surface area contributed by atoms with E-state index in [2.05, 4.69) is 9.88 Å². The molecule has 5 rings (SSSR count). The molecule has 0 unspecified atom stereocenters. The van der Waals surface area contributed by atoms with Crippen molar-refractivity contribution in [3.8, 4) is 28.5 Å². The summed E-state index contributed by atoms with van der Waals surface area (Å²) in [5.74, 6) is -0.325. The van der Waals surface area contributed by atoms with Crippen LogP contribution < -0.4 is 10.5 Å². The second-order valence-corrected chi connectivity index (χ2v) is 10.2. The van der Waals surface area contributed by atoms with Crippen molar-refractivity contribution < 1.29 is 28.6 Å². The number of piperidine rings is 1. The first kappa shape index (κ1) is 26.3. The van der Waals surface area contributed by atoms with Gasteiger partial charge in [-0.15, -0.1) is 0 Å². The summed E-state index contributed by atoms with van der Waals surface area (Å²) in [6.07, 6.45) is 3.81. The number of nitrogens with two attached hydrogens (primary N) is 1. The molecule has 4 N–H and O–H groups in total. The van der Waals surface area contributed by atoms with Gasteiger partial charge in [0.25, 0.3) is 5.91 Å². The maximum atomic E-state index is 15.1. The molecule has 0 spiro atoms. The topological polar surface area (TPSA) is 122 Å². The van der Waals surface area contributed by atoms with E-state index in [1.165, 1.54) is 6.07 Å². The molecule has 2 aliphatic rings. The van der Waals surface area contributed by atoms with Gasteiger partial charge in [-0.3, -0.25) is 9.69 Å². The number of primary amides is 1. The second-order valence-electron chi connectivity index (χ2n) is 10.2. The Morgan fingerprint density at radius 1 is 1.03 bits per heavy atom. The molecule has 0 atom stereocenters. The molecule has 38 heavy (non-hydrogen) atoms. The predicted octanol–water partition coefficient (Wildman–Crippen LogP) is 4.10. The highest BCUT2D eigenvalue weighted by Gasteiger charge is 2.28. The molecule has 0 bridgehead atoms. The number of hydrogen-bond acceptors (Lipinski definition) is 7. The van der Waals surface area contributed by atoms with E-state index in [4.69, 9.17) is 14.9 Å². The van der Waals surface area contributed by atoms with Gasteiger partial charge in [-0.2, -0.15) is 0 Å². The van der Waals surface area contributed by atoms with Gasteiger partial charge in [-0.25, -0.2) is 9.37 Å². The summed E-state index contributed by atoms with van der Waals surface area (Å²) in [4.78, 5) is 18.9. The van der Waals surface area contributed by atoms with Crippen molar-refractivity contribution in [3.05, 3.63) is 59.5 Å². The van der Waals surface area contributed by atoms with Crippen LogP contribution in [0.3, 0.4) is 0 Å². The number of amides is 1.